The van der Waals surface area contributed by atoms with Crippen molar-refractivity contribution in [3.05, 3.63) is 27.1 Å². The van der Waals surface area contributed by atoms with Crippen molar-refractivity contribution < 1.29 is 9.53 Å². The average Bonchev–Trinajstić information content (AvgIpc) is 2.59. The molecule has 7 heteroatoms. The van der Waals surface area contributed by atoms with Gasteiger partial charge in [-0.25, -0.2) is 4.79 Å². The van der Waals surface area contributed by atoms with Gasteiger partial charge in [-0.15, -0.1) is 10.2 Å². The van der Waals surface area contributed by atoms with Crippen LogP contribution < -0.4 is 4.74 Å². The molecule has 2 heterocycles. The number of fused-ring (bicyclic) bond motifs is 1. The molecule has 0 fully saturated rings. The lowest BCUT2D eigenvalue weighted by molar-refractivity contribution is 0.0517. The molecule has 0 atom stereocenters. The Morgan fingerprint density at radius 1 is 1.56 bits per heavy atom. The van der Waals surface area contributed by atoms with Crippen LogP contribution in [0.25, 0.3) is 4.96 Å². The summed E-state index contributed by atoms with van der Waals surface area (Å²) in [6.07, 6.45) is 0. The second-order valence-corrected chi connectivity index (χ2v) is 4.01. The van der Waals surface area contributed by atoms with Crippen molar-refractivity contribution in [2.75, 3.05) is 6.61 Å². The predicted octanol–water partition coefficient (Wildman–Crippen LogP) is 0.636. The maximum Gasteiger partial charge on any atom is 0.355 e. The third-order valence-electron chi connectivity index (χ3n) is 1.97. The molecule has 0 radical (unpaired) electrons. The highest BCUT2D eigenvalue weighted by molar-refractivity contribution is 7.14. The van der Waals surface area contributed by atoms with Crippen molar-refractivity contribution >= 4 is 22.3 Å². The summed E-state index contributed by atoms with van der Waals surface area (Å²) in [5.41, 5.74) is 0.170. The molecule has 0 saturated heterocycles. The first-order valence-corrected chi connectivity index (χ1v) is 5.48. The number of esters is 1. The molecule has 16 heavy (non-hydrogen) atoms. The fraction of sp³-hybridized carbons (Fsp3) is 0.333. The minimum absolute atomic E-state index is 0.170. The molecule has 0 aliphatic carbocycles. The van der Waals surface area contributed by atoms with Gasteiger partial charge in [0.25, 0.3) is 0 Å². The van der Waals surface area contributed by atoms with Gasteiger partial charge < -0.3 is 4.74 Å². The first-order valence-electron chi connectivity index (χ1n) is 4.66. The van der Waals surface area contributed by atoms with Crippen molar-refractivity contribution in [3.63, 3.8) is 0 Å². The van der Waals surface area contributed by atoms with E-state index in [0.717, 1.165) is 11.3 Å². The van der Waals surface area contributed by atoms with Crippen LogP contribution in [0.3, 0.4) is 0 Å². The van der Waals surface area contributed by atoms with E-state index in [1.807, 2.05) is 0 Å². The molecule has 2 rings (SSSR count). The van der Waals surface area contributed by atoms with Gasteiger partial charge in [0.15, 0.2) is 0 Å². The molecule has 2 aromatic rings. The van der Waals surface area contributed by atoms with E-state index in [9.17, 15) is 9.59 Å². The highest BCUT2D eigenvalue weighted by atomic mass is 32.1. The zero-order chi connectivity index (χ0) is 11.7. The van der Waals surface area contributed by atoms with E-state index in [2.05, 4.69) is 10.2 Å². The summed E-state index contributed by atoms with van der Waals surface area (Å²) < 4.78 is 6.14. The van der Waals surface area contributed by atoms with Gasteiger partial charge in [0.2, 0.25) is 9.70 Å². The van der Waals surface area contributed by atoms with Crippen molar-refractivity contribution in [1.82, 2.24) is 14.6 Å². The minimum atomic E-state index is -0.541. The molecule has 0 aliphatic rings. The average molecular weight is 239 g/mol. The zero-order valence-corrected chi connectivity index (χ0v) is 9.58. The van der Waals surface area contributed by atoms with E-state index in [-0.39, 0.29) is 17.0 Å². The lowest BCUT2D eigenvalue weighted by Gasteiger charge is -2.03. The van der Waals surface area contributed by atoms with Crippen LogP contribution in [0.2, 0.25) is 0 Å². The Kier molecular flexibility index (Phi) is 2.69. The Labute approximate surface area is 94.5 Å². The van der Waals surface area contributed by atoms with Crippen LogP contribution in [0, 0.1) is 6.92 Å². The summed E-state index contributed by atoms with van der Waals surface area (Å²) in [6, 6.07) is 1.24. The van der Waals surface area contributed by atoms with Crippen molar-refractivity contribution in [3.8, 4) is 0 Å². The van der Waals surface area contributed by atoms with Crippen molar-refractivity contribution in [2.24, 2.45) is 0 Å². The number of aryl methyl sites for hydroxylation is 1. The summed E-state index contributed by atoms with van der Waals surface area (Å²) in [7, 11) is 0. The summed E-state index contributed by atoms with van der Waals surface area (Å²) in [6.45, 7) is 3.67. The van der Waals surface area contributed by atoms with Crippen molar-refractivity contribution in [1.29, 1.82) is 0 Å². The Morgan fingerprint density at radius 2 is 2.31 bits per heavy atom. The lowest BCUT2D eigenvalue weighted by Crippen LogP contribution is -2.14. The number of carbonyl (C=O) groups is 1. The van der Waals surface area contributed by atoms with Crippen molar-refractivity contribution in [2.45, 2.75) is 13.8 Å². The Hall–Kier alpha value is -1.76. The van der Waals surface area contributed by atoms with Gasteiger partial charge in [0.05, 0.1) is 6.61 Å². The lowest BCUT2D eigenvalue weighted by atomic mass is 10.4. The number of nitrogens with zero attached hydrogens (tertiary/aromatic N) is 3. The molecule has 6 nitrogen and oxygen atoms in total. The van der Waals surface area contributed by atoms with E-state index in [0.29, 0.717) is 10.8 Å². The van der Waals surface area contributed by atoms with Crippen LogP contribution in [0.4, 0.5) is 0 Å². The molecule has 2 aromatic heterocycles. The van der Waals surface area contributed by atoms with Gasteiger partial charge in [0, 0.05) is 6.07 Å². The second kappa shape index (κ2) is 4.01. The number of ether oxygens (including phenoxy) is 1. The number of carbonyl (C=O) groups excluding carboxylic acids is 1. The Morgan fingerprint density at radius 3 is 3.00 bits per heavy atom. The molecule has 0 aliphatic heterocycles. The predicted molar refractivity (Wildman–Crippen MR) is 57.8 cm³/mol. The molecule has 0 N–H and O–H groups in total. The molecular weight excluding hydrogens is 230 g/mol. The number of hydrogen-bond acceptors (Lipinski definition) is 6. The van der Waals surface area contributed by atoms with Crippen LogP contribution >= 0.6 is 11.3 Å². The highest BCUT2D eigenvalue weighted by Gasteiger charge is 2.15. The quantitative estimate of drug-likeness (QED) is 0.719. The number of rotatable bonds is 2. The smallest absolute Gasteiger partial charge is 0.355 e. The number of hydrogen-bond donors (Lipinski definition) is 0. The van der Waals surface area contributed by atoms with Crippen LogP contribution in [-0.2, 0) is 4.74 Å². The normalized spacial score (nSPS) is 10.6. The topological polar surface area (TPSA) is 73.6 Å². The van der Waals surface area contributed by atoms with Gasteiger partial charge in [-0.1, -0.05) is 11.3 Å². The summed E-state index contributed by atoms with van der Waals surface area (Å²) in [5, 5.41) is 7.62. The minimum Gasteiger partial charge on any atom is -0.461 e. The molecular formula is C9H9N3O3S. The van der Waals surface area contributed by atoms with Gasteiger partial charge in [-0.3, -0.25) is 9.20 Å². The largest absolute Gasteiger partial charge is 0.461 e. The van der Waals surface area contributed by atoms with Gasteiger partial charge in [-0.05, 0) is 13.8 Å². The third-order valence-corrected chi connectivity index (χ3v) is 2.73. The van der Waals surface area contributed by atoms with Crippen LogP contribution in [-0.4, -0.2) is 27.2 Å². The highest BCUT2D eigenvalue weighted by Crippen LogP contribution is 2.10. The second-order valence-electron chi connectivity index (χ2n) is 3.04. The maximum absolute atomic E-state index is 11.6. The third kappa shape index (κ3) is 1.69. The van der Waals surface area contributed by atoms with Crippen LogP contribution in [0.15, 0.2) is 10.9 Å². The molecule has 0 amide bonds. The van der Waals surface area contributed by atoms with Gasteiger partial charge in [-0.2, -0.15) is 0 Å². The maximum atomic E-state index is 11.6. The fourth-order valence-electron chi connectivity index (χ4n) is 1.34. The Balaban J connectivity index is 2.71. The zero-order valence-electron chi connectivity index (χ0n) is 8.76. The van der Waals surface area contributed by atoms with Gasteiger partial charge in [0.1, 0.15) is 11.5 Å². The monoisotopic (exact) mass is 239 g/mol. The Bertz CT molecular complexity index is 602. The standard InChI is InChI=1S/C9H9N3O3S/c1-3-15-8(14)6-4-7(13)16-9-11-10-5(2)12(6)9/h4H,3H2,1-2H3. The summed E-state index contributed by atoms with van der Waals surface area (Å²) >= 11 is 0.938. The van der Waals surface area contributed by atoms with E-state index in [4.69, 9.17) is 4.74 Å². The molecule has 0 unspecified atom stereocenters. The van der Waals surface area contributed by atoms with Crippen LogP contribution in [0.5, 0.6) is 0 Å². The van der Waals surface area contributed by atoms with E-state index in [1.165, 1.54) is 10.5 Å². The molecule has 0 saturated carbocycles. The van der Waals surface area contributed by atoms with E-state index < -0.39 is 5.97 Å². The van der Waals surface area contributed by atoms with E-state index >= 15 is 0 Å². The molecule has 0 bridgehead atoms. The molecule has 84 valence electrons. The molecule has 0 aromatic carbocycles. The first kappa shape index (κ1) is 10.7. The summed E-state index contributed by atoms with van der Waals surface area (Å²) in [4.78, 5) is 23.4. The van der Waals surface area contributed by atoms with E-state index in [1.54, 1.807) is 13.8 Å². The SMILES string of the molecule is CCOC(=O)c1cc(=O)sc2nnc(C)n12. The number of aromatic nitrogens is 3. The first-order chi connectivity index (χ1) is 7.63. The van der Waals surface area contributed by atoms with Crippen LogP contribution in [0.1, 0.15) is 23.2 Å². The molecule has 0 spiro atoms. The fourth-order valence-corrected chi connectivity index (χ4v) is 2.09. The van der Waals surface area contributed by atoms with Gasteiger partial charge >= 0.3 is 5.97 Å². The summed E-state index contributed by atoms with van der Waals surface area (Å²) in [5.74, 6) is 0.00889.